The van der Waals surface area contributed by atoms with E-state index in [-0.39, 0.29) is 17.8 Å². The Morgan fingerprint density at radius 2 is 2.07 bits per heavy atom. The van der Waals surface area contributed by atoms with E-state index in [1.807, 2.05) is 13.8 Å². The van der Waals surface area contributed by atoms with Crippen LogP contribution in [-0.4, -0.2) is 0 Å². The molecule has 0 aliphatic carbocycles. The van der Waals surface area contributed by atoms with Crippen LogP contribution in [0.2, 0.25) is 5.02 Å². The molecule has 0 saturated carbocycles. The Hall–Kier alpha value is -0.600. The molecule has 1 unspecified atom stereocenters. The largest absolute Gasteiger partial charge is 0.324 e. The van der Waals surface area contributed by atoms with Crippen molar-refractivity contribution in [2.75, 3.05) is 0 Å². The maximum absolute atomic E-state index is 13.8. The molecular formula is C12H17ClFN. The van der Waals surface area contributed by atoms with Crippen molar-refractivity contribution in [1.82, 2.24) is 0 Å². The molecule has 0 fully saturated rings. The quantitative estimate of drug-likeness (QED) is 0.838. The number of aryl methyl sites for hydroxylation is 1. The van der Waals surface area contributed by atoms with Crippen molar-refractivity contribution >= 4 is 11.6 Å². The van der Waals surface area contributed by atoms with Crippen LogP contribution in [-0.2, 0) is 0 Å². The highest BCUT2D eigenvalue weighted by Gasteiger charge is 2.21. The van der Waals surface area contributed by atoms with Crippen LogP contribution in [0.3, 0.4) is 0 Å². The SMILES string of the molecule is CCC(C)[C@@H](N)c1c(Cl)ccc(C)c1F. The minimum absolute atomic E-state index is 0.221. The zero-order valence-corrected chi connectivity index (χ0v) is 10.1. The van der Waals surface area contributed by atoms with Crippen LogP contribution in [0, 0.1) is 18.7 Å². The van der Waals surface area contributed by atoms with Gasteiger partial charge in [-0.15, -0.1) is 0 Å². The summed E-state index contributed by atoms with van der Waals surface area (Å²) in [5.74, 6) is -0.0471. The fraction of sp³-hybridized carbons (Fsp3) is 0.500. The summed E-state index contributed by atoms with van der Waals surface area (Å²) in [4.78, 5) is 0. The van der Waals surface area contributed by atoms with Crippen molar-refractivity contribution in [1.29, 1.82) is 0 Å². The van der Waals surface area contributed by atoms with Gasteiger partial charge in [-0.1, -0.05) is 37.9 Å². The Bertz CT molecular complexity index is 352. The van der Waals surface area contributed by atoms with E-state index in [9.17, 15) is 4.39 Å². The van der Waals surface area contributed by atoms with Crippen LogP contribution in [0.4, 0.5) is 4.39 Å². The standard InChI is InChI=1S/C12H17ClFN/c1-4-7(2)12(15)10-9(13)6-5-8(3)11(10)14/h5-7,12H,4,15H2,1-3H3/t7?,12-/m1/s1. The highest BCUT2D eigenvalue weighted by Crippen LogP contribution is 2.31. The third-order valence-electron chi connectivity index (χ3n) is 2.91. The summed E-state index contributed by atoms with van der Waals surface area (Å²) in [5.41, 5.74) is 7.04. The maximum Gasteiger partial charge on any atom is 0.132 e. The molecule has 0 amide bonds. The molecule has 0 saturated heterocycles. The number of rotatable bonds is 3. The Balaban J connectivity index is 3.18. The number of benzene rings is 1. The summed E-state index contributed by atoms with van der Waals surface area (Å²) in [7, 11) is 0. The van der Waals surface area contributed by atoms with Crippen LogP contribution < -0.4 is 5.73 Å². The average Bonchev–Trinajstić information content (AvgIpc) is 2.22. The Labute approximate surface area is 95.4 Å². The molecule has 1 rings (SSSR count). The van der Waals surface area contributed by atoms with Crippen molar-refractivity contribution in [3.8, 4) is 0 Å². The van der Waals surface area contributed by atoms with E-state index in [1.54, 1.807) is 19.1 Å². The lowest BCUT2D eigenvalue weighted by Gasteiger charge is -2.21. The first-order valence-corrected chi connectivity index (χ1v) is 5.56. The van der Waals surface area contributed by atoms with Gasteiger partial charge in [0.05, 0.1) is 0 Å². The molecular weight excluding hydrogens is 213 g/mol. The minimum atomic E-state index is -0.331. The molecule has 1 aromatic rings. The zero-order chi connectivity index (χ0) is 11.6. The first-order chi connectivity index (χ1) is 6.99. The second-order valence-electron chi connectivity index (χ2n) is 4.00. The molecule has 0 aliphatic rings. The lowest BCUT2D eigenvalue weighted by Crippen LogP contribution is -2.20. The van der Waals surface area contributed by atoms with Crippen LogP contribution in [0.15, 0.2) is 12.1 Å². The van der Waals surface area contributed by atoms with Crippen LogP contribution in [0.5, 0.6) is 0 Å². The summed E-state index contributed by atoms with van der Waals surface area (Å²) < 4.78 is 13.8. The highest BCUT2D eigenvalue weighted by molar-refractivity contribution is 6.31. The maximum atomic E-state index is 13.8. The fourth-order valence-corrected chi connectivity index (χ4v) is 1.79. The van der Waals surface area contributed by atoms with E-state index in [0.717, 1.165) is 6.42 Å². The normalized spacial score (nSPS) is 15.1. The monoisotopic (exact) mass is 229 g/mol. The van der Waals surface area contributed by atoms with E-state index in [2.05, 4.69) is 0 Å². The molecule has 0 radical (unpaired) electrons. The smallest absolute Gasteiger partial charge is 0.132 e. The number of halogens is 2. The Morgan fingerprint density at radius 1 is 1.47 bits per heavy atom. The van der Waals surface area contributed by atoms with Gasteiger partial charge in [-0.2, -0.15) is 0 Å². The molecule has 0 aliphatic heterocycles. The first-order valence-electron chi connectivity index (χ1n) is 5.19. The van der Waals surface area contributed by atoms with Gasteiger partial charge in [0.2, 0.25) is 0 Å². The molecule has 0 aromatic heterocycles. The molecule has 0 spiro atoms. The third-order valence-corrected chi connectivity index (χ3v) is 3.24. The third kappa shape index (κ3) is 2.50. The van der Waals surface area contributed by atoms with Crippen molar-refractivity contribution in [3.05, 3.63) is 34.1 Å². The van der Waals surface area contributed by atoms with Crippen molar-refractivity contribution in [2.45, 2.75) is 33.2 Å². The van der Waals surface area contributed by atoms with Gasteiger partial charge in [-0.3, -0.25) is 0 Å². The number of nitrogens with two attached hydrogens (primary N) is 1. The molecule has 3 heteroatoms. The summed E-state index contributed by atoms with van der Waals surface area (Å²) in [6, 6.07) is 3.05. The summed E-state index contributed by atoms with van der Waals surface area (Å²) >= 11 is 5.98. The van der Waals surface area contributed by atoms with E-state index in [4.69, 9.17) is 17.3 Å². The summed E-state index contributed by atoms with van der Waals surface area (Å²) in [5, 5.41) is 0.422. The lowest BCUT2D eigenvalue weighted by molar-refractivity contribution is 0.438. The van der Waals surface area contributed by atoms with Crippen LogP contribution >= 0.6 is 11.6 Å². The molecule has 2 N–H and O–H groups in total. The van der Waals surface area contributed by atoms with Gasteiger partial charge in [0, 0.05) is 16.6 Å². The molecule has 2 atom stereocenters. The lowest BCUT2D eigenvalue weighted by atomic mass is 9.92. The van der Waals surface area contributed by atoms with Crippen molar-refractivity contribution < 1.29 is 4.39 Å². The van der Waals surface area contributed by atoms with Crippen LogP contribution in [0.25, 0.3) is 0 Å². The minimum Gasteiger partial charge on any atom is -0.324 e. The molecule has 84 valence electrons. The average molecular weight is 230 g/mol. The van der Waals surface area contributed by atoms with Crippen LogP contribution in [0.1, 0.15) is 37.4 Å². The fourth-order valence-electron chi connectivity index (χ4n) is 1.52. The van der Waals surface area contributed by atoms with Gasteiger partial charge in [0.15, 0.2) is 0 Å². The molecule has 1 aromatic carbocycles. The van der Waals surface area contributed by atoms with Crippen molar-refractivity contribution in [2.24, 2.45) is 11.7 Å². The molecule has 15 heavy (non-hydrogen) atoms. The van der Waals surface area contributed by atoms with Gasteiger partial charge in [-0.25, -0.2) is 4.39 Å². The van der Waals surface area contributed by atoms with E-state index >= 15 is 0 Å². The van der Waals surface area contributed by atoms with Gasteiger partial charge in [0.1, 0.15) is 5.82 Å². The Morgan fingerprint density at radius 3 is 2.60 bits per heavy atom. The second kappa shape index (κ2) is 4.95. The van der Waals surface area contributed by atoms with E-state index < -0.39 is 0 Å². The predicted molar refractivity (Wildman–Crippen MR) is 62.5 cm³/mol. The molecule has 0 heterocycles. The van der Waals surface area contributed by atoms with Gasteiger partial charge >= 0.3 is 0 Å². The van der Waals surface area contributed by atoms with Gasteiger partial charge in [-0.05, 0) is 24.5 Å². The topological polar surface area (TPSA) is 26.0 Å². The summed E-state index contributed by atoms with van der Waals surface area (Å²) in [6.45, 7) is 5.76. The zero-order valence-electron chi connectivity index (χ0n) is 9.35. The van der Waals surface area contributed by atoms with Crippen molar-refractivity contribution in [3.63, 3.8) is 0 Å². The van der Waals surface area contributed by atoms with E-state index in [0.29, 0.717) is 16.1 Å². The van der Waals surface area contributed by atoms with Gasteiger partial charge < -0.3 is 5.73 Å². The predicted octanol–water partition coefficient (Wildman–Crippen LogP) is 3.83. The van der Waals surface area contributed by atoms with Gasteiger partial charge in [0.25, 0.3) is 0 Å². The number of hydrogen-bond acceptors (Lipinski definition) is 1. The molecule has 1 nitrogen and oxygen atoms in total. The highest BCUT2D eigenvalue weighted by atomic mass is 35.5. The number of hydrogen-bond donors (Lipinski definition) is 1. The van der Waals surface area contributed by atoms with E-state index in [1.165, 1.54) is 0 Å². The Kier molecular flexibility index (Phi) is 4.12. The summed E-state index contributed by atoms with van der Waals surface area (Å²) in [6.07, 6.45) is 0.908. The first kappa shape index (κ1) is 12.5. The second-order valence-corrected chi connectivity index (χ2v) is 4.41. The molecule has 0 bridgehead atoms.